The zero-order chi connectivity index (χ0) is 23.8. The molecular formula is C31H37N3. The zero-order valence-corrected chi connectivity index (χ0v) is 20.5. The highest BCUT2D eigenvalue weighted by Crippen LogP contribution is 2.38. The van der Waals surface area contributed by atoms with Gasteiger partial charge in [-0.25, -0.2) is 0 Å². The topological polar surface area (TPSA) is 41.6 Å². The lowest BCUT2D eigenvalue weighted by Crippen LogP contribution is -2.20. The van der Waals surface area contributed by atoms with Crippen LogP contribution in [0.5, 0.6) is 0 Å². The van der Waals surface area contributed by atoms with Gasteiger partial charge >= 0.3 is 0 Å². The zero-order valence-electron chi connectivity index (χ0n) is 20.5. The summed E-state index contributed by atoms with van der Waals surface area (Å²) >= 11 is 0. The second kappa shape index (κ2) is 11.8. The van der Waals surface area contributed by atoms with Crippen LogP contribution in [0.3, 0.4) is 0 Å². The minimum atomic E-state index is 0.486. The second-order valence-electron chi connectivity index (χ2n) is 9.98. The van der Waals surface area contributed by atoms with Gasteiger partial charge in [0.05, 0.1) is 17.5 Å². The van der Waals surface area contributed by atoms with Crippen LogP contribution in [0, 0.1) is 23.2 Å². The lowest BCUT2D eigenvalue weighted by molar-refractivity contribution is 0.235. The first-order chi connectivity index (χ1) is 16.7. The Morgan fingerprint density at radius 3 is 2.21 bits per heavy atom. The van der Waals surface area contributed by atoms with Crippen molar-refractivity contribution in [1.82, 2.24) is 9.78 Å². The van der Waals surface area contributed by atoms with Crippen LogP contribution in [-0.4, -0.2) is 9.78 Å². The molecule has 3 nitrogen and oxygen atoms in total. The number of nitriles is 1. The van der Waals surface area contributed by atoms with Crippen molar-refractivity contribution in [2.24, 2.45) is 11.8 Å². The Balaban J connectivity index is 1.59. The molecule has 1 aromatic heterocycles. The van der Waals surface area contributed by atoms with Crippen LogP contribution >= 0.6 is 0 Å². The largest absolute Gasteiger partial charge is 0.264 e. The van der Waals surface area contributed by atoms with E-state index in [1.807, 2.05) is 0 Å². The third-order valence-electron chi connectivity index (χ3n) is 7.22. The van der Waals surface area contributed by atoms with Crippen molar-refractivity contribution < 1.29 is 0 Å². The highest BCUT2D eigenvalue weighted by molar-refractivity contribution is 5.83. The summed E-state index contributed by atoms with van der Waals surface area (Å²) < 4.78 is 2.26. The summed E-state index contributed by atoms with van der Waals surface area (Å²) in [6.07, 6.45) is 10.2. The molecule has 0 radical (unpaired) electrons. The summed E-state index contributed by atoms with van der Waals surface area (Å²) in [7, 11) is 0. The molecule has 1 aliphatic rings. The normalized spacial score (nSPS) is 17.9. The van der Waals surface area contributed by atoms with Gasteiger partial charge in [0, 0.05) is 30.5 Å². The molecule has 0 spiro atoms. The Morgan fingerprint density at radius 1 is 0.971 bits per heavy atom. The van der Waals surface area contributed by atoms with E-state index in [-0.39, 0.29) is 0 Å². The maximum absolute atomic E-state index is 9.27. The van der Waals surface area contributed by atoms with E-state index in [1.54, 1.807) is 0 Å². The Hall–Kier alpha value is -3.12. The monoisotopic (exact) mass is 451 g/mol. The molecule has 0 N–H and O–H groups in total. The standard InChI is InChI=1S/C31H37N3/c1-24(2)11-9-12-25-18-20-26(21-19-25)23-34-31(28-15-7-4-8-16-28)30(27-13-5-3-6-14-27)29(33-34)17-10-22-32/h3-8,13-16,25-26H,1,9-12,17-21,23H2,2H3. The van der Waals surface area contributed by atoms with E-state index in [1.165, 1.54) is 72.9 Å². The van der Waals surface area contributed by atoms with E-state index in [0.29, 0.717) is 18.8 Å². The Bertz CT molecular complexity index is 1100. The van der Waals surface area contributed by atoms with E-state index < -0.39 is 0 Å². The van der Waals surface area contributed by atoms with Crippen molar-refractivity contribution in [2.45, 2.75) is 71.3 Å². The first kappa shape index (κ1) is 24.0. The van der Waals surface area contributed by atoms with Gasteiger partial charge in [0.1, 0.15) is 0 Å². The van der Waals surface area contributed by atoms with E-state index in [4.69, 9.17) is 5.10 Å². The van der Waals surface area contributed by atoms with Gasteiger partial charge < -0.3 is 0 Å². The molecule has 34 heavy (non-hydrogen) atoms. The summed E-state index contributed by atoms with van der Waals surface area (Å²) in [5.74, 6) is 1.53. The molecule has 0 saturated heterocycles. The number of benzene rings is 2. The Labute approximate surface area is 205 Å². The van der Waals surface area contributed by atoms with Crippen LogP contribution in [0.1, 0.15) is 64.0 Å². The molecule has 0 amide bonds. The highest BCUT2D eigenvalue weighted by atomic mass is 15.3. The molecule has 0 atom stereocenters. The lowest BCUT2D eigenvalue weighted by Gasteiger charge is -2.29. The third kappa shape index (κ3) is 6.06. The summed E-state index contributed by atoms with van der Waals surface area (Å²) in [5.41, 5.74) is 7.12. The van der Waals surface area contributed by atoms with Crippen LogP contribution in [0.2, 0.25) is 0 Å². The van der Waals surface area contributed by atoms with Crippen molar-refractivity contribution in [1.29, 1.82) is 5.26 Å². The Morgan fingerprint density at radius 2 is 1.59 bits per heavy atom. The fourth-order valence-corrected chi connectivity index (χ4v) is 5.43. The molecule has 1 aliphatic carbocycles. The van der Waals surface area contributed by atoms with Crippen LogP contribution < -0.4 is 0 Å². The molecule has 0 aliphatic heterocycles. The van der Waals surface area contributed by atoms with E-state index in [2.05, 4.69) is 84.9 Å². The van der Waals surface area contributed by atoms with E-state index in [9.17, 15) is 5.26 Å². The molecule has 2 aromatic carbocycles. The number of aryl methyl sites for hydroxylation is 1. The van der Waals surface area contributed by atoms with Gasteiger partial charge in [0.2, 0.25) is 0 Å². The van der Waals surface area contributed by atoms with Crippen molar-refractivity contribution in [3.8, 4) is 28.5 Å². The summed E-state index contributed by atoms with van der Waals surface area (Å²) in [4.78, 5) is 0. The SMILES string of the molecule is C=C(C)CCCC1CCC(Cn2nc(CCC#N)c(-c3ccccc3)c2-c2ccccc2)CC1. The third-order valence-corrected chi connectivity index (χ3v) is 7.22. The van der Waals surface area contributed by atoms with Crippen molar-refractivity contribution in [2.75, 3.05) is 0 Å². The number of nitrogens with zero attached hydrogens (tertiary/aromatic N) is 3. The van der Waals surface area contributed by atoms with Crippen molar-refractivity contribution in [3.63, 3.8) is 0 Å². The van der Waals surface area contributed by atoms with Crippen LogP contribution in [0.15, 0.2) is 72.8 Å². The molecule has 176 valence electrons. The lowest BCUT2D eigenvalue weighted by atomic mass is 9.79. The fourth-order valence-electron chi connectivity index (χ4n) is 5.43. The molecule has 1 heterocycles. The van der Waals surface area contributed by atoms with Crippen LogP contribution in [-0.2, 0) is 13.0 Å². The smallest absolute Gasteiger partial charge is 0.0763 e. The van der Waals surface area contributed by atoms with Gasteiger partial charge in [0.15, 0.2) is 0 Å². The molecule has 0 unspecified atom stereocenters. The number of rotatable bonds is 10. The van der Waals surface area contributed by atoms with E-state index >= 15 is 0 Å². The maximum atomic E-state index is 9.27. The summed E-state index contributed by atoms with van der Waals surface area (Å²) in [5, 5.41) is 14.4. The maximum Gasteiger partial charge on any atom is 0.0763 e. The molecule has 1 saturated carbocycles. The quantitative estimate of drug-likeness (QED) is 0.291. The highest BCUT2D eigenvalue weighted by Gasteiger charge is 2.25. The predicted molar refractivity (Wildman–Crippen MR) is 141 cm³/mol. The summed E-state index contributed by atoms with van der Waals surface area (Å²) in [6, 6.07) is 23.5. The second-order valence-corrected chi connectivity index (χ2v) is 9.98. The van der Waals surface area contributed by atoms with Gasteiger partial charge in [-0.05, 0) is 50.0 Å². The molecule has 3 heteroatoms. The molecule has 4 rings (SSSR count). The van der Waals surface area contributed by atoms with Gasteiger partial charge in [-0.3, -0.25) is 4.68 Å². The van der Waals surface area contributed by atoms with Gasteiger partial charge in [-0.15, -0.1) is 6.58 Å². The molecular weight excluding hydrogens is 414 g/mol. The minimum Gasteiger partial charge on any atom is -0.264 e. The summed E-state index contributed by atoms with van der Waals surface area (Å²) in [6.45, 7) is 7.14. The molecule has 3 aromatic rings. The van der Waals surface area contributed by atoms with Crippen LogP contribution in [0.4, 0.5) is 0 Å². The predicted octanol–water partition coefficient (Wildman–Crippen LogP) is 8.23. The van der Waals surface area contributed by atoms with Crippen LogP contribution in [0.25, 0.3) is 22.4 Å². The molecule has 1 fully saturated rings. The Kier molecular flexibility index (Phi) is 8.36. The number of allylic oxidation sites excluding steroid dienone is 1. The van der Waals surface area contributed by atoms with Gasteiger partial charge in [0.25, 0.3) is 0 Å². The number of hydrogen-bond donors (Lipinski definition) is 0. The number of hydrogen-bond acceptors (Lipinski definition) is 2. The van der Waals surface area contributed by atoms with Crippen molar-refractivity contribution >= 4 is 0 Å². The average Bonchev–Trinajstić information content (AvgIpc) is 3.22. The average molecular weight is 452 g/mol. The van der Waals surface area contributed by atoms with Crippen molar-refractivity contribution in [3.05, 3.63) is 78.5 Å². The van der Waals surface area contributed by atoms with Gasteiger partial charge in [-0.1, -0.05) is 85.5 Å². The van der Waals surface area contributed by atoms with Gasteiger partial charge in [-0.2, -0.15) is 10.4 Å². The molecule has 0 bridgehead atoms. The fraction of sp³-hybridized carbons (Fsp3) is 0.419. The number of aromatic nitrogens is 2. The minimum absolute atomic E-state index is 0.486. The first-order valence-electron chi connectivity index (χ1n) is 12.9. The first-order valence-corrected chi connectivity index (χ1v) is 12.9. The van der Waals surface area contributed by atoms with E-state index in [0.717, 1.165) is 18.2 Å².